The molecule has 0 bridgehead atoms. The summed E-state index contributed by atoms with van der Waals surface area (Å²) in [7, 11) is 0. The molecule has 0 unspecified atom stereocenters. The van der Waals surface area contributed by atoms with E-state index >= 15 is 0 Å². The molecule has 3 rings (SSSR count). The lowest BCUT2D eigenvalue weighted by Crippen LogP contribution is -2.27. The van der Waals surface area contributed by atoms with Crippen molar-refractivity contribution < 1.29 is 4.79 Å². The van der Waals surface area contributed by atoms with Crippen molar-refractivity contribution in [3.8, 4) is 0 Å². The maximum Gasteiger partial charge on any atom is 0.252 e. The number of aryl methyl sites for hydroxylation is 3. The number of H-pyrrole nitrogens is 1. The van der Waals surface area contributed by atoms with E-state index in [1.54, 1.807) is 6.07 Å². The Morgan fingerprint density at radius 2 is 2.08 bits per heavy atom. The lowest BCUT2D eigenvalue weighted by molar-refractivity contribution is 0.0954. The van der Waals surface area contributed by atoms with Crippen molar-refractivity contribution in [1.29, 1.82) is 0 Å². The van der Waals surface area contributed by atoms with E-state index in [-0.39, 0.29) is 11.5 Å². The molecule has 0 fully saturated rings. The number of benzene rings is 1. The highest BCUT2D eigenvalue weighted by atomic mass is 16.2. The van der Waals surface area contributed by atoms with Crippen LogP contribution in [0.4, 0.5) is 0 Å². The van der Waals surface area contributed by atoms with E-state index in [1.807, 2.05) is 36.7 Å². The number of hydrogen-bond acceptors (Lipinski definition) is 4. The first-order valence-electron chi connectivity index (χ1n) is 7.83. The van der Waals surface area contributed by atoms with Crippen LogP contribution in [-0.2, 0) is 6.54 Å². The van der Waals surface area contributed by atoms with Crippen molar-refractivity contribution in [3.05, 3.63) is 57.9 Å². The van der Waals surface area contributed by atoms with Crippen LogP contribution in [-0.4, -0.2) is 32.2 Å². The van der Waals surface area contributed by atoms with E-state index in [1.165, 1.54) is 6.07 Å². The number of amides is 1. The van der Waals surface area contributed by atoms with Crippen LogP contribution >= 0.6 is 0 Å². The summed E-state index contributed by atoms with van der Waals surface area (Å²) in [6.45, 7) is 4.94. The second kappa shape index (κ2) is 6.66. The van der Waals surface area contributed by atoms with Crippen LogP contribution in [0, 0.1) is 13.8 Å². The third-order valence-corrected chi connectivity index (χ3v) is 3.79. The van der Waals surface area contributed by atoms with E-state index < -0.39 is 0 Å². The van der Waals surface area contributed by atoms with Crippen molar-refractivity contribution in [1.82, 2.24) is 25.1 Å². The summed E-state index contributed by atoms with van der Waals surface area (Å²) in [5, 5.41) is 7.88. The predicted octanol–water partition coefficient (Wildman–Crippen LogP) is 1.56. The van der Waals surface area contributed by atoms with Crippen LogP contribution in [0.25, 0.3) is 10.9 Å². The van der Waals surface area contributed by atoms with Gasteiger partial charge in [-0.25, -0.2) is 4.98 Å². The second-order valence-corrected chi connectivity index (χ2v) is 5.63. The fourth-order valence-corrected chi connectivity index (χ4v) is 2.69. The van der Waals surface area contributed by atoms with Gasteiger partial charge in [0.25, 0.3) is 5.91 Å². The van der Waals surface area contributed by atoms with Crippen molar-refractivity contribution >= 4 is 16.8 Å². The van der Waals surface area contributed by atoms with Crippen molar-refractivity contribution in [2.24, 2.45) is 0 Å². The molecule has 7 nitrogen and oxygen atoms in total. The summed E-state index contributed by atoms with van der Waals surface area (Å²) in [6, 6.07) is 8.60. The number of carbonyl (C=O) groups excluding carboxylic acids is 1. The summed E-state index contributed by atoms with van der Waals surface area (Å²) in [5.74, 6) is 1.36. The maximum absolute atomic E-state index is 12.4. The largest absolute Gasteiger partial charge is 0.352 e. The number of nitrogens with zero attached hydrogens (tertiary/aromatic N) is 3. The van der Waals surface area contributed by atoms with Crippen LogP contribution in [0.3, 0.4) is 0 Å². The van der Waals surface area contributed by atoms with E-state index in [0.29, 0.717) is 24.2 Å². The van der Waals surface area contributed by atoms with Gasteiger partial charge in [-0.05, 0) is 26.3 Å². The average Bonchev–Trinajstić information content (AvgIpc) is 2.88. The molecule has 3 aromatic rings. The Morgan fingerprint density at radius 3 is 2.83 bits per heavy atom. The van der Waals surface area contributed by atoms with Crippen molar-refractivity contribution in [2.75, 3.05) is 6.54 Å². The molecule has 0 aliphatic heterocycles. The third-order valence-electron chi connectivity index (χ3n) is 3.79. The summed E-state index contributed by atoms with van der Waals surface area (Å²) < 4.78 is 1.82. The molecule has 0 aliphatic carbocycles. The SMILES string of the molecule is Cc1nc(C)n(CCCNC(=O)c2cc(=O)[nH]c3ccccc23)n1. The zero-order chi connectivity index (χ0) is 17.1. The topological polar surface area (TPSA) is 92.7 Å². The molecule has 1 amide bonds. The van der Waals surface area contributed by atoms with Gasteiger partial charge < -0.3 is 10.3 Å². The molecule has 0 radical (unpaired) electrons. The summed E-state index contributed by atoms with van der Waals surface area (Å²) in [6.07, 6.45) is 0.733. The highest BCUT2D eigenvalue weighted by Gasteiger charge is 2.11. The molecule has 0 saturated carbocycles. The summed E-state index contributed by atoms with van der Waals surface area (Å²) in [5.41, 5.74) is 0.763. The maximum atomic E-state index is 12.4. The van der Waals surface area contributed by atoms with Crippen LogP contribution in [0.5, 0.6) is 0 Å². The fraction of sp³-hybridized carbons (Fsp3) is 0.294. The first kappa shape index (κ1) is 15.9. The summed E-state index contributed by atoms with van der Waals surface area (Å²) >= 11 is 0. The van der Waals surface area contributed by atoms with Crippen LogP contribution in [0.1, 0.15) is 28.4 Å². The smallest absolute Gasteiger partial charge is 0.252 e. The third kappa shape index (κ3) is 3.34. The van der Waals surface area contributed by atoms with Crippen LogP contribution in [0.15, 0.2) is 35.1 Å². The van der Waals surface area contributed by atoms with Gasteiger partial charge in [0, 0.05) is 30.1 Å². The van der Waals surface area contributed by atoms with Crippen LogP contribution in [0.2, 0.25) is 0 Å². The van der Waals surface area contributed by atoms with Gasteiger partial charge in [0.1, 0.15) is 11.6 Å². The van der Waals surface area contributed by atoms with Gasteiger partial charge in [0.2, 0.25) is 5.56 Å². The normalized spacial score (nSPS) is 10.9. The number of para-hydroxylation sites is 1. The minimum atomic E-state index is -0.285. The Labute approximate surface area is 138 Å². The van der Waals surface area contributed by atoms with Gasteiger partial charge in [0.05, 0.1) is 5.56 Å². The molecule has 124 valence electrons. The van der Waals surface area contributed by atoms with Crippen molar-refractivity contribution in [2.45, 2.75) is 26.8 Å². The van der Waals surface area contributed by atoms with E-state index in [0.717, 1.165) is 23.5 Å². The quantitative estimate of drug-likeness (QED) is 0.696. The molecule has 2 N–H and O–H groups in total. The highest BCUT2D eigenvalue weighted by molar-refractivity contribution is 6.05. The van der Waals surface area contributed by atoms with Crippen molar-refractivity contribution in [3.63, 3.8) is 0 Å². The number of rotatable bonds is 5. The first-order valence-corrected chi connectivity index (χ1v) is 7.83. The number of carbonyl (C=O) groups is 1. The van der Waals surface area contributed by atoms with E-state index in [4.69, 9.17) is 0 Å². The molecule has 0 spiro atoms. The molecular formula is C17H19N5O2. The molecule has 0 saturated heterocycles. The number of nitrogens with one attached hydrogen (secondary N) is 2. The lowest BCUT2D eigenvalue weighted by atomic mass is 10.1. The first-order chi connectivity index (χ1) is 11.5. The minimum absolute atomic E-state index is 0.246. The molecule has 1 aromatic carbocycles. The highest BCUT2D eigenvalue weighted by Crippen LogP contribution is 2.14. The number of hydrogen-bond donors (Lipinski definition) is 2. The Bertz CT molecular complexity index is 942. The standard InChI is InChI=1S/C17H19N5O2/c1-11-19-12(2)22(21-11)9-5-8-18-17(24)14-10-16(23)20-15-7-4-3-6-13(14)15/h3-4,6-7,10H,5,8-9H2,1-2H3,(H,18,24)(H,20,23). The Kier molecular flexibility index (Phi) is 4.41. The number of pyridine rings is 1. The minimum Gasteiger partial charge on any atom is -0.352 e. The lowest BCUT2D eigenvalue weighted by Gasteiger charge is -2.08. The summed E-state index contributed by atoms with van der Waals surface area (Å²) in [4.78, 5) is 31.1. The zero-order valence-corrected chi connectivity index (χ0v) is 13.7. The second-order valence-electron chi connectivity index (χ2n) is 5.63. The van der Waals surface area contributed by atoms with Gasteiger partial charge in [-0.15, -0.1) is 0 Å². The monoisotopic (exact) mass is 325 g/mol. The number of fused-ring (bicyclic) bond motifs is 1. The Morgan fingerprint density at radius 1 is 1.29 bits per heavy atom. The Hall–Kier alpha value is -2.96. The van der Waals surface area contributed by atoms with Gasteiger partial charge in [-0.2, -0.15) is 5.10 Å². The predicted molar refractivity (Wildman–Crippen MR) is 91.0 cm³/mol. The molecule has 7 heteroatoms. The molecule has 2 aromatic heterocycles. The molecule has 24 heavy (non-hydrogen) atoms. The van der Waals surface area contributed by atoms with Gasteiger partial charge in [0.15, 0.2) is 0 Å². The zero-order valence-electron chi connectivity index (χ0n) is 13.7. The van der Waals surface area contributed by atoms with Gasteiger partial charge >= 0.3 is 0 Å². The molecule has 2 heterocycles. The number of aromatic nitrogens is 4. The fourth-order valence-electron chi connectivity index (χ4n) is 2.69. The molecular weight excluding hydrogens is 306 g/mol. The average molecular weight is 325 g/mol. The van der Waals surface area contributed by atoms with E-state index in [2.05, 4.69) is 20.4 Å². The van der Waals surface area contributed by atoms with Gasteiger partial charge in [-0.1, -0.05) is 18.2 Å². The Balaban J connectivity index is 1.65. The number of aromatic amines is 1. The molecule has 0 atom stereocenters. The molecule has 0 aliphatic rings. The van der Waals surface area contributed by atoms with Crippen LogP contribution < -0.4 is 10.9 Å². The van der Waals surface area contributed by atoms with Gasteiger partial charge in [-0.3, -0.25) is 14.3 Å². The van der Waals surface area contributed by atoms with E-state index in [9.17, 15) is 9.59 Å².